The summed E-state index contributed by atoms with van der Waals surface area (Å²) in [6.45, 7) is 6.27. The zero-order valence-corrected chi connectivity index (χ0v) is 15.8. The number of anilines is 2. The van der Waals surface area contributed by atoms with Gasteiger partial charge < -0.3 is 15.3 Å². The first-order valence-corrected chi connectivity index (χ1v) is 8.71. The Morgan fingerprint density at radius 1 is 1.20 bits per heavy atom. The molecule has 0 radical (unpaired) electrons. The van der Waals surface area contributed by atoms with Crippen molar-refractivity contribution in [2.75, 3.05) is 16.8 Å². The average molecular weight is 403 g/mol. The number of carbonyl (C=O) groups excluding carboxylic acids is 2. The fourth-order valence-corrected chi connectivity index (χ4v) is 4.18. The first-order valence-electron chi connectivity index (χ1n) is 7.91. The Kier molecular flexibility index (Phi) is 4.33. The highest BCUT2D eigenvalue weighted by Crippen LogP contribution is 2.45. The molecule has 0 saturated carbocycles. The number of halogens is 1. The molecule has 0 atom stereocenters. The van der Waals surface area contributed by atoms with Crippen molar-refractivity contribution < 1.29 is 14.7 Å². The topological polar surface area (TPSA) is 69.6 Å². The minimum Gasteiger partial charge on any atom is -0.508 e. The molecule has 3 rings (SSSR count). The van der Waals surface area contributed by atoms with E-state index in [1.807, 2.05) is 0 Å². The number of rotatable bonds is 2. The zero-order chi connectivity index (χ0) is 18.4. The third-order valence-corrected chi connectivity index (χ3v) is 4.98. The lowest BCUT2D eigenvalue weighted by molar-refractivity contribution is -0.116. The number of hydrogen-bond donors (Lipinski definition) is 2. The number of fused-ring (bicyclic) bond motifs is 1. The van der Waals surface area contributed by atoms with Crippen LogP contribution in [0.3, 0.4) is 0 Å². The number of phenolic OH excluding ortho intramolecular Hbond substituents is 1. The summed E-state index contributed by atoms with van der Waals surface area (Å²) < 4.78 is 0.814. The normalized spacial score (nSPS) is 15.0. The van der Waals surface area contributed by atoms with Crippen LogP contribution in [0.15, 0.2) is 40.9 Å². The second kappa shape index (κ2) is 6.19. The van der Waals surface area contributed by atoms with E-state index >= 15 is 0 Å². The third-order valence-electron chi connectivity index (χ3n) is 4.36. The van der Waals surface area contributed by atoms with Gasteiger partial charge in [0.05, 0.1) is 0 Å². The molecule has 6 heteroatoms. The maximum absolute atomic E-state index is 12.6. The van der Waals surface area contributed by atoms with Crippen molar-refractivity contribution in [2.24, 2.45) is 0 Å². The smallest absolute Gasteiger partial charge is 0.255 e. The van der Waals surface area contributed by atoms with Gasteiger partial charge in [0, 0.05) is 40.3 Å². The van der Waals surface area contributed by atoms with E-state index in [4.69, 9.17) is 0 Å². The molecule has 1 aliphatic heterocycles. The largest absolute Gasteiger partial charge is 0.508 e. The monoisotopic (exact) mass is 402 g/mol. The molecule has 2 aromatic carbocycles. The maximum atomic E-state index is 12.6. The number of hydrogen-bond acceptors (Lipinski definition) is 3. The number of benzene rings is 2. The van der Waals surface area contributed by atoms with E-state index in [-0.39, 0.29) is 23.0 Å². The second-order valence-electron chi connectivity index (χ2n) is 6.84. The van der Waals surface area contributed by atoms with Gasteiger partial charge in [-0.3, -0.25) is 9.59 Å². The summed E-state index contributed by atoms with van der Waals surface area (Å²) in [5.74, 6) is -0.185. The molecule has 0 aliphatic carbocycles. The molecule has 0 saturated heterocycles. The zero-order valence-electron chi connectivity index (χ0n) is 14.3. The van der Waals surface area contributed by atoms with Crippen LogP contribution in [-0.2, 0) is 10.2 Å². The van der Waals surface area contributed by atoms with E-state index in [1.165, 1.54) is 19.1 Å². The van der Waals surface area contributed by atoms with Gasteiger partial charge in [-0.1, -0.05) is 29.8 Å². The second-order valence-corrected chi connectivity index (χ2v) is 7.70. The molecule has 2 aromatic rings. The van der Waals surface area contributed by atoms with Crippen LogP contribution in [-0.4, -0.2) is 23.5 Å². The molecule has 130 valence electrons. The van der Waals surface area contributed by atoms with Gasteiger partial charge in [-0.25, -0.2) is 0 Å². The average Bonchev–Trinajstić information content (AvgIpc) is 2.81. The first-order chi connectivity index (χ1) is 11.7. The van der Waals surface area contributed by atoms with Gasteiger partial charge in [0.25, 0.3) is 5.91 Å². The summed E-state index contributed by atoms with van der Waals surface area (Å²) in [5, 5.41) is 12.1. The Hall–Kier alpha value is -2.34. The predicted octanol–water partition coefficient (Wildman–Crippen LogP) is 4.05. The Morgan fingerprint density at radius 2 is 1.84 bits per heavy atom. The molecule has 1 heterocycles. The molecule has 0 unspecified atom stereocenters. The van der Waals surface area contributed by atoms with Crippen molar-refractivity contribution >= 4 is 39.1 Å². The Labute approximate surface area is 154 Å². The van der Waals surface area contributed by atoms with Gasteiger partial charge in [0.1, 0.15) is 5.75 Å². The summed E-state index contributed by atoms with van der Waals surface area (Å²) >= 11 is 3.56. The van der Waals surface area contributed by atoms with Gasteiger partial charge in [0.15, 0.2) is 0 Å². The molecule has 2 N–H and O–H groups in total. The fraction of sp³-hybridized carbons (Fsp3) is 0.263. The SMILES string of the molecule is CC(=O)N1CC(C)(C)c2c(Br)cc(C(=O)Nc3ccc(O)cc3)cc21. The van der Waals surface area contributed by atoms with Gasteiger partial charge >= 0.3 is 0 Å². The predicted molar refractivity (Wildman–Crippen MR) is 101 cm³/mol. The summed E-state index contributed by atoms with van der Waals surface area (Å²) in [4.78, 5) is 26.3. The molecule has 0 bridgehead atoms. The minimum absolute atomic E-state index is 0.0465. The van der Waals surface area contributed by atoms with Crippen LogP contribution in [0.1, 0.15) is 36.7 Å². The number of nitrogens with one attached hydrogen (secondary N) is 1. The molecule has 5 nitrogen and oxygen atoms in total. The van der Waals surface area contributed by atoms with Crippen molar-refractivity contribution in [3.05, 3.63) is 52.0 Å². The molecule has 0 fully saturated rings. The van der Waals surface area contributed by atoms with Crippen molar-refractivity contribution in [2.45, 2.75) is 26.2 Å². The molecular weight excluding hydrogens is 384 g/mol. The van der Waals surface area contributed by atoms with Gasteiger partial charge in [-0.15, -0.1) is 0 Å². The third kappa shape index (κ3) is 3.26. The van der Waals surface area contributed by atoms with Crippen molar-refractivity contribution in [1.82, 2.24) is 0 Å². The Bertz CT molecular complexity index is 860. The van der Waals surface area contributed by atoms with Crippen LogP contribution in [0.2, 0.25) is 0 Å². The van der Waals surface area contributed by atoms with Gasteiger partial charge in [-0.2, -0.15) is 0 Å². The van der Waals surface area contributed by atoms with Crippen LogP contribution in [0.4, 0.5) is 11.4 Å². The number of phenols is 1. The van der Waals surface area contributed by atoms with Crippen molar-refractivity contribution in [3.63, 3.8) is 0 Å². The van der Waals surface area contributed by atoms with Crippen molar-refractivity contribution in [3.8, 4) is 5.75 Å². The van der Waals surface area contributed by atoms with Crippen LogP contribution < -0.4 is 10.2 Å². The molecule has 2 amide bonds. The summed E-state index contributed by atoms with van der Waals surface area (Å²) in [5.41, 5.74) is 2.66. The lowest BCUT2D eigenvalue weighted by Gasteiger charge is -2.20. The van der Waals surface area contributed by atoms with Crippen LogP contribution >= 0.6 is 15.9 Å². The molecule has 0 spiro atoms. The molecule has 25 heavy (non-hydrogen) atoms. The minimum atomic E-state index is -0.276. The molecule has 1 aliphatic rings. The van der Waals surface area contributed by atoms with E-state index in [9.17, 15) is 14.7 Å². The number of aromatic hydroxyl groups is 1. The van der Waals surface area contributed by atoms with E-state index in [2.05, 4.69) is 35.1 Å². The van der Waals surface area contributed by atoms with Gasteiger partial charge in [0.2, 0.25) is 5.91 Å². The standard InChI is InChI=1S/C19H19BrN2O3/c1-11(23)22-10-19(2,3)17-15(20)8-12(9-16(17)22)18(25)21-13-4-6-14(24)7-5-13/h4-9,24H,10H2,1-3H3,(H,21,25). The van der Waals surface area contributed by atoms with Gasteiger partial charge in [-0.05, 0) is 42.0 Å². The summed E-state index contributed by atoms with van der Waals surface area (Å²) in [6.07, 6.45) is 0. The highest BCUT2D eigenvalue weighted by atomic mass is 79.9. The molecular formula is C19H19BrN2O3. The van der Waals surface area contributed by atoms with E-state index in [0.717, 1.165) is 15.7 Å². The van der Waals surface area contributed by atoms with Crippen molar-refractivity contribution in [1.29, 1.82) is 0 Å². The highest BCUT2D eigenvalue weighted by molar-refractivity contribution is 9.10. The number of nitrogens with zero attached hydrogens (tertiary/aromatic N) is 1. The summed E-state index contributed by atoms with van der Waals surface area (Å²) in [6, 6.07) is 9.80. The fourth-order valence-electron chi connectivity index (χ4n) is 3.19. The lowest BCUT2D eigenvalue weighted by Crippen LogP contribution is -2.32. The highest BCUT2D eigenvalue weighted by Gasteiger charge is 2.39. The van der Waals surface area contributed by atoms with E-state index in [1.54, 1.807) is 29.2 Å². The van der Waals surface area contributed by atoms with Crippen LogP contribution in [0.25, 0.3) is 0 Å². The summed E-state index contributed by atoms with van der Waals surface area (Å²) in [7, 11) is 0. The van der Waals surface area contributed by atoms with Crippen LogP contribution in [0.5, 0.6) is 5.75 Å². The maximum Gasteiger partial charge on any atom is 0.255 e. The Morgan fingerprint density at radius 3 is 2.44 bits per heavy atom. The first kappa shape index (κ1) is 17.5. The quantitative estimate of drug-likeness (QED) is 0.744. The lowest BCUT2D eigenvalue weighted by atomic mass is 9.86. The van der Waals surface area contributed by atoms with Crippen LogP contribution in [0, 0.1) is 0 Å². The molecule has 0 aromatic heterocycles. The van der Waals surface area contributed by atoms with E-state index in [0.29, 0.717) is 17.8 Å². The number of amides is 2. The number of carbonyl (C=O) groups is 2. The Balaban J connectivity index is 1.97. The van der Waals surface area contributed by atoms with E-state index < -0.39 is 0 Å².